The summed E-state index contributed by atoms with van der Waals surface area (Å²) in [5.41, 5.74) is 0. The van der Waals surface area contributed by atoms with E-state index in [9.17, 15) is 4.79 Å². The van der Waals surface area contributed by atoms with Crippen LogP contribution < -0.4 is 0 Å². The Morgan fingerprint density at radius 1 is 1.73 bits per heavy atom. The van der Waals surface area contributed by atoms with Crippen LogP contribution in [0.1, 0.15) is 19.8 Å². The molecule has 1 saturated heterocycles. The van der Waals surface area contributed by atoms with Crippen molar-refractivity contribution in [3.63, 3.8) is 0 Å². The molecule has 0 unspecified atom stereocenters. The standard InChI is InChI=1S/C10H15NO2S2/c1-3-13-8(2)5-4-6-11-9(12)7-15-10(11)14/h2-7H2,1H3. The van der Waals surface area contributed by atoms with Crippen molar-refractivity contribution in [1.29, 1.82) is 0 Å². The Labute approximate surface area is 99.8 Å². The Balaban J connectivity index is 2.22. The van der Waals surface area contributed by atoms with Gasteiger partial charge in [0.1, 0.15) is 4.32 Å². The van der Waals surface area contributed by atoms with Crippen LogP contribution in [0.5, 0.6) is 0 Å². The predicted octanol–water partition coefficient (Wildman–Crippen LogP) is 2.18. The summed E-state index contributed by atoms with van der Waals surface area (Å²) in [4.78, 5) is 13.0. The van der Waals surface area contributed by atoms with Crippen LogP contribution in [-0.4, -0.2) is 34.0 Å². The molecule has 1 fully saturated rings. The summed E-state index contributed by atoms with van der Waals surface area (Å²) in [6.45, 7) is 7.04. The van der Waals surface area contributed by atoms with Gasteiger partial charge in [-0.15, -0.1) is 0 Å². The second-order valence-electron chi connectivity index (χ2n) is 3.18. The molecule has 0 aromatic heterocycles. The zero-order chi connectivity index (χ0) is 11.3. The average molecular weight is 245 g/mol. The molecular formula is C10H15NO2S2. The molecule has 0 aromatic carbocycles. The van der Waals surface area contributed by atoms with E-state index in [1.807, 2.05) is 6.92 Å². The number of thioether (sulfide) groups is 1. The van der Waals surface area contributed by atoms with Crippen molar-refractivity contribution in [2.45, 2.75) is 19.8 Å². The Morgan fingerprint density at radius 2 is 2.47 bits per heavy atom. The van der Waals surface area contributed by atoms with Gasteiger partial charge in [-0.25, -0.2) is 0 Å². The lowest BCUT2D eigenvalue weighted by atomic mass is 10.2. The van der Waals surface area contributed by atoms with Crippen molar-refractivity contribution in [1.82, 2.24) is 4.90 Å². The molecule has 0 radical (unpaired) electrons. The average Bonchev–Trinajstić information content (AvgIpc) is 2.49. The third-order valence-electron chi connectivity index (χ3n) is 2.03. The van der Waals surface area contributed by atoms with Gasteiger partial charge in [0, 0.05) is 13.0 Å². The zero-order valence-electron chi connectivity index (χ0n) is 8.82. The maximum absolute atomic E-state index is 11.4. The fraction of sp³-hybridized carbons (Fsp3) is 0.600. The smallest absolute Gasteiger partial charge is 0.238 e. The molecule has 1 heterocycles. The molecule has 0 saturated carbocycles. The maximum atomic E-state index is 11.4. The van der Waals surface area contributed by atoms with Gasteiger partial charge >= 0.3 is 0 Å². The number of allylic oxidation sites excluding steroid dienone is 1. The first kappa shape index (κ1) is 12.5. The minimum Gasteiger partial charge on any atom is -0.499 e. The minimum absolute atomic E-state index is 0.118. The van der Waals surface area contributed by atoms with E-state index < -0.39 is 0 Å². The van der Waals surface area contributed by atoms with Crippen molar-refractivity contribution < 1.29 is 9.53 Å². The number of ether oxygens (including phenoxy) is 1. The molecule has 1 rings (SSSR count). The normalized spacial score (nSPS) is 15.9. The third-order valence-corrected chi connectivity index (χ3v) is 3.46. The van der Waals surface area contributed by atoms with Crippen molar-refractivity contribution in [2.75, 3.05) is 18.9 Å². The monoisotopic (exact) mass is 245 g/mol. The van der Waals surface area contributed by atoms with E-state index in [1.54, 1.807) is 4.90 Å². The Kier molecular flexibility index (Phi) is 5.11. The molecule has 0 spiro atoms. The van der Waals surface area contributed by atoms with E-state index >= 15 is 0 Å². The molecule has 1 aliphatic heterocycles. The van der Waals surface area contributed by atoms with Crippen molar-refractivity contribution in [2.24, 2.45) is 0 Å². The predicted molar refractivity (Wildman–Crippen MR) is 66.8 cm³/mol. The second kappa shape index (κ2) is 6.12. The van der Waals surface area contributed by atoms with Gasteiger partial charge in [-0.2, -0.15) is 0 Å². The molecule has 0 N–H and O–H groups in total. The first-order valence-corrected chi connectivity index (χ1v) is 6.32. The summed E-state index contributed by atoms with van der Waals surface area (Å²) in [5.74, 6) is 1.39. The van der Waals surface area contributed by atoms with Crippen LogP contribution in [0.3, 0.4) is 0 Å². The molecule has 15 heavy (non-hydrogen) atoms. The van der Waals surface area contributed by atoms with Crippen molar-refractivity contribution in [3.05, 3.63) is 12.3 Å². The van der Waals surface area contributed by atoms with Crippen molar-refractivity contribution in [3.8, 4) is 0 Å². The maximum Gasteiger partial charge on any atom is 0.238 e. The number of hydrogen-bond acceptors (Lipinski definition) is 4. The van der Waals surface area contributed by atoms with Gasteiger partial charge in [0.15, 0.2) is 0 Å². The SMILES string of the molecule is C=C(CCCN1C(=O)CSC1=S)OCC. The number of carbonyl (C=O) groups excluding carboxylic acids is 1. The van der Waals surface area contributed by atoms with E-state index in [1.165, 1.54) is 11.8 Å². The number of rotatable bonds is 6. The van der Waals surface area contributed by atoms with Gasteiger partial charge in [-0.3, -0.25) is 9.69 Å². The number of thiocarbonyl (C=S) groups is 1. The summed E-state index contributed by atoms with van der Waals surface area (Å²) in [7, 11) is 0. The number of amides is 1. The van der Waals surface area contributed by atoms with E-state index in [2.05, 4.69) is 6.58 Å². The quantitative estimate of drug-likeness (QED) is 0.530. The number of carbonyl (C=O) groups is 1. The molecule has 5 heteroatoms. The molecule has 84 valence electrons. The summed E-state index contributed by atoms with van der Waals surface area (Å²) in [6, 6.07) is 0. The first-order valence-electron chi connectivity index (χ1n) is 4.93. The Morgan fingerprint density at radius 3 is 3.00 bits per heavy atom. The van der Waals surface area contributed by atoms with Gasteiger partial charge in [-0.05, 0) is 13.3 Å². The molecule has 0 aromatic rings. The molecule has 3 nitrogen and oxygen atoms in total. The van der Waals surface area contributed by atoms with Crippen LogP contribution in [0.15, 0.2) is 12.3 Å². The second-order valence-corrected chi connectivity index (χ2v) is 4.78. The lowest BCUT2D eigenvalue weighted by molar-refractivity contribution is -0.124. The van der Waals surface area contributed by atoms with Crippen molar-refractivity contribution >= 4 is 34.2 Å². The topological polar surface area (TPSA) is 29.5 Å². The van der Waals surface area contributed by atoms with Gasteiger partial charge in [0.25, 0.3) is 0 Å². The minimum atomic E-state index is 0.118. The first-order chi connectivity index (χ1) is 7.15. The van der Waals surface area contributed by atoms with Crippen LogP contribution in [-0.2, 0) is 9.53 Å². The van der Waals surface area contributed by atoms with Gasteiger partial charge in [-0.1, -0.05) is 30.6 Å². The van der Waals surface area contributed by atoms with Gasteiger partial charge in [0.2, 0.25) is 5.91 Å². The number of nitrogens with zero attached hydrogens (tertiary/aromatic N) is 1. The molecule has 1 amide bonds. The largest absolute Gasteiger partial charge is 0.499 e. The zero-order valence-corrected chi connectivity index (χ0v) is 10.5. The summed E-state index contributed by atoms with van der Waals surface area (Å²) in [5, 5.41) is 0. The third kappa shape index (κ3) is 3.83. The number of hydrogen-bond donors (Lipinski definition) is 0. The Hall–Kier alpha value is -0.550. The summed E-state index contributed by atoms with van der Waals surface area (Å²) in [6.07, 6.45) is 1.64. The highest BCUT2D eigenvalue weighted by molar-refractivity contribution is 8.23. The van der Waals surface area contributed by atoms with Crippen LogP contribution in [0, 0.1) is 0 Å². The van der Waals surface area contributed by atoms with E-state index in [0.29, 0.717) is 23.2 Å². The van der Waals surface area contributed by atoms with Crippen LogP contribution >= 0.6 is 24.0 Å². The molecule has 0 bridgehead atoms. The highest BCUT2D eigenvalue weighted by atomic mass is 32.2. The Bertz CT molecular complexity index is 263. The molecule has 0 atom stereocenters. The lowest BCUT2D eigenvalue weighted by Gasteiger charge is -2.14. The fourth-order valence-corrected chi connectivity index (χ4v) is 2.43. The van der Waals surface area contributed by atoms with Crippen LogP contribution in [0.4, 0.5) is 0 Å². The van der Waals surface area contributed by atoms with Crippen LogP contribution in [0.2, 0.25) is 0 Å². The lowest BCUT2D eigenvalue weighted by Crippen LogP contribution is -2.29. The highest BCUT2D eigenvalue weighted by Gasteiger charge is 2.25. The van der Waals surface area contributed by atoms with E-state index in [-0.39, 0.29) is 5.91 Å². The van der Waals surface area contributed by atoms with E-state index in [4.69, 9.17) is 17.0 Å². The molecule has 0 aliphatic carbocycles. The fourth-order valence-electron chi connectivity index (χ4n) is 1.31. The molecular weight excluding hydrogens is 230 g/mol. The van der Waals surface area contributed by atoms with Crippen LogP contribution in [0.25, 0.3) is 0 Å². The van der Waals surface area contributed by atoms with Gasteiger partial charge < -0.3 is 4.74 Å². The summed E-state index contributed by atoms with van der Waals surface area (Å²) < 4.78 is 5.92. The van der Waals surface area contributed by atoms with Gasteiger partial charge in [0.05, 0.1) is 18.1 Å². The highest BCUT2D eigenvalue weighted by Crippen LogP contribution is 2.20. The van der Waals surface area contributed by atoms with E-state index in [0.717, 1.165) is 18.6 Å². The summed E-state index contributed by atoms with van der Waals surface area (Å²) >= 11 is 6.50. The molecule has 1 aliphatic rings.